The van der Waals surface area contributed by atoms with Crippen molar-refractivity contribution in [2.24, 2.45) is 0 Å². The van der Waals surface area contributed by atoms with E-state index in [1.165, 1.54) is 18.2 Å². The molecule has 174 valence electrons. The van der Waals surface area contributed by atoms with Gasteiger partial charge in [-0.15, -0.1) is 5.06 Å². The number of methoxy groups -OCH3 is 1. The Balaban J connectivity index is 2.20. The zero-order valence-corrected chi connectivity index (χ0v) is 19.6. The minimum Gasteiger partial charge on any atom is -0.505 e. The van der Waals surface area contributed by atoms with Crippen LogP contribution in [0.25, 0.3) is 0 Å². The lowest BCUT2D eigenvalue weighted by Crippen LogP contribution is -2.43. The number of esters is 1. The van der Waals surface area contributed by atoms with Crippen LogP contribution in [0.2, 0.25) is 10.0 Å². The van der Waals surface area contributed by atoms with Gasteiger partial charge in [0, 0.05) is 20.1 Å². The molecule has 0 unspecified atom stereocenters. The lowest BCUT2D eigenvalue weighted by molar-refractivity contribution is -0.142. The van der Waals surface area contributed by atoms with E-state index in [0.717, 1.165) is 5.56 Å². The molecule has 32 heavy (non-hydrogen) atoms. The first-order valence-electron chi connectivity index (χ1n) is 9.88. The third kappa shape index (κ3) is 7.00. The highest BCUT2D eigenvalue weighted by Gasteiger charge is 2.27. The molecule has 1 amide bonds. The molecule has 2 aromatic carbocycles. The van der Waals surface area contributed by atoms with Crippen molar-refractivity contribution in [1.82, 2.24) is 10.4 Å². The summed E-state index contributed by atoms with van der Waals surface area (Å²) in [5.74, 6) is -1.90. The number of carbonyl (C=O) groups is 2. The molecule has 1 atom stereocenters. The first-order valence-corrected chi connectivity index (χ1v) is 10.6. The summed E-state index contributed by atoms with van der Waals surface area (Å²) in [5, 5.41) is 14.3. The Morgan fingerprint density at radius 1 is 1.22 bits per heavy atom. The van der Waals surface area contributed by atoms with Gasteiger partial charge in [-0.3, -0.25) is 4.79 Å². The quantitative estimate of drug-likeness (QED) is 0.286. The van der Waals surface area contributed by atoms with Gasteiger partial charge in [0.15, 0.2) is 11.5 Å². The molecule has 0 aromatic heterocycles. The molecule has 0 fully saturated rings. The number of hydroxylamine groups is 2. The Morgan fingerprint density at radius 2 is 1.91 bits per heavy atom. The van der Waals surface area contributed by atoms with Gasteiger partial charge < -0.3 is 24.7 Å². The highest BCUT2D eigenvalue weighted by Crippen LogP contribution is 2.42. The van der Waals surface area contributed by atoms with Gasteiger partial charge in [-0.2, -0.15) is 0 Å². The maximum Gasteiger partial charge on any atom is 0.328 e. The maximum absolute atomic E-state index is 12.8. The second kappa shape index (κ2) is 12.5. The SMILES string of the molecule is CCOCCN(C)Oc1c(Cl)cc(C(=O)N[C@@H](Cc2ccccc2)C(=O)OC)c(O)c1Cl. The van der Waals surface area contributed by atoms with Crippen LogP contribution >= 0.6 is 23.2 Å². The molecule has 8 nitrogen and oxygen atoms in total. The first kappa shape index (κ1) is 25.7. The molecule has 0 saturated heterocycles. The van der Waals surface area contributed by atoms with E-state index in [9.17, 15) is 14.7 Å². The van der Waals surface area contributed by atoms with Crippen LogP contribution in [0.15, 0.2) is 36.4 Å². The fraction of sp³-hybridized carbons (Fsp3) is 0.364. The number of hydrogen-bond acceptors (Lipinski definition) is 7. The van der Waals surface area contributed by atoms with Gasteiger partial charge in [0.25, 0.3) is 5.91 Å². The Kier molecular flexibility index (Phi) is 10.1. The molecule has 0 aliphatic rings. The van der Waals surface area contributed by atoms with Crippen LogP contribution in [0, 0.1) is 0 Å². The van der Waals surface area contributed by atoms with Gasteiger partial charge in [0.1, 0.15) is 11.1 Å². The Bertz CT molecular complexity index is 926. The molecule has 0 heterocycles. The van der Waals surface area contributed by atoms with Crippen LogP contribution in [0.3, 0.4) is 0 Å². The zero-order valence-electron chi connectivity index (χ0n) is 18.1. The highest BCUT2D eigenvalue weighted by molar-refractivity contribution is 6.39. The van der Waals surface area contributed by atoms with Crippen LogP contribution in [-0.2, 0) is 20.7 Å². The first-order chi connectivity index (χ1) is 15.3. The van der Waals surface area contributed by atoms with Crippen molar-refractivity contribution >= 4 is 35.1 Å². The summed E-state index contributed by atoms with van der Waals surface area (Å²) in [4.78, 5) is 30.6. The lowest BCUT2D eigenvalue weighted by atomic mass is 10.1. The number of benzene rings is 2. The summed E-state index contributed by atoms with van der Waals surface area (Å²) >= 11 is 12.5. The average Bonchev–Trinajstić information content (AvgIpc) is 2.78. The molecule has 2 aromatic rings. The zero-order chi connectivity index (χ0) is 23.7. The Hall–Kier alpha value is -2.52. The molecular weight excluding hydrogens is 459 g/mol. The number of carbonyl (C=O) groups excluding carboxylic acids is 2. The molecule has 10 heteroatoms. The third-order valence-electron chi connectivity index (χ3n) is 4.47. The van der Waals surface area contributed by atoms with E-state index in [4.69, 9.17) is 37.5 Å². The van der Waals surface area contributed by atoms with Gasteiger partial charge in [0.05, 0.1) is 30.8 Å². The molecule has 0 bridgehead atoms. The predicted octanol–water partition coefficient (Wildman–Crippen LogP) is 3.48. The van der Waals surface area contributed by atoms with Crippen LogP contribution in [0.5, 0.6) is 11.5 Å². The molecular formula is C22H26Cl2N2O6. The molecule has 0 radical (unpaired) electrons. The number of nitrogens with one attached hydrogen (secondary N) is 1. The number of hydrogen-bond donors (Lipinski definition) is 2. The number of amides is 1. The van der Waals surface area contributed by atoms with Crippen LogP contribution in [-0.4, -0.2) is 62.0 Å². The van der Waals surface area contributed by atoms with Gasteiger partial charge in [-0.05, 0) is 18.6 Å². The minimum absolute atomic E-state index is 0.00446. The standard InChI is InChI=1S/C22H26Cl2N2O6/c1-4-31-11-10-26(2)32-20-16(23)13-15(19(27)18(20)24)21(28)25-17(22(29)30-3)12-14-8-6-5-7-9-14/h5-9,13,17,27H,4,10-12H2,1-3H3,(H,25,28)/t17-/m0/s1. The minimum atomic E-state index is -0.979. The summed E-state index contributed by atoms with van der Waals surface area (Å²) in [6.07, 6.45) is 0.202. The lowest BCUT2D eigenvalue weighted by Gasteiger charge is -2.21. The van der Waals surface area contributed by atoms with Crippen molar-refractivity contribution in [2.75, 3.05) is 33.9 Å². The van der Waals surface area contributed by atoms with E-state index in [2.05, 4.69) is 5.32 Å². The average molecular weight is 485 g/mol. The molecule has 0 aliphatic carbocycles. The summed E-state index contributed by atoms with van der Waals surface area (Å²) in [6, 6.07) is 9.37. The monoisotopic (exact) mass is 484 g/mol. The van der Waals surface area contributed by atoms with E-state index in [1.807, 2.05) is 37.3 Å². The van der Waals surface area contributed by atoms with Gasteiger partial charge >= 0.3 is 5.97 Å². The molecule has 0 aliphatic heterocycles. The number of phenols is 1. The number of aromatic hydroxyl groups is 1. The van der Waals surface area contributed by atoms with E-state index in [0.29, 0.717) is 19.8 Å². The molecule has 2 N–H and O–H groups in total. The summed E-state index contributed by atoms with van der Waals surface area (Å²) in [5.41, 5.74) is 0.619. The van der Waals surface area contributed by atoms with Gasteiger partial charge in [-0.25, -0.2) is 4.79 Å². The fourth-order valence-electron chi connectivity index (χ4n) is 2.81. The van der Waals surface area contributed by atoms with E-state index >= 15 is 0 Å². The predicted molar refractivity (Wildman–Crippen MR) is 121 cm³/mol. The smallest absolute Gasteiger partial charge is 0.328 e. The highest BCUT2D eigenvalue weighted by atomic mass is 35.5. The summed E-state index contributed by atoms with van der Waals surface area (Å²) in [7, 11) is 2.87. The summed E-state index contributed by atoms with van der Waals surface area (Å²) < 4.78 is 10.1. The Labute approximate surface area is 196 Å². The number of nitrogens with zero attached hydrogens (tertiary/aromatic N) is 1. The fourth-order valence-corrected chi connectivity index (χ4v) is 3.33. The van der Waals surface area contributed by atoms with Crippen molar-refractivity contribution in [3.8, 4) is 11.5 Å². The van der Waals surface area contributed by atoms with E-state index < -0.39 is 23.7 Å². The van der Waals surface area contributed by atoms with Gasteiger partial charge in [0.2, 0.25) is 0 Å². The van der Waals surface area contributed by atoms with Crippen LogP contribution < -0.4 is 10.2 Å². The molecule has 0 spiro atoms. The molecule has 0 saturated carbocycles. The maximum atomic E-state index is 12.8. The van der Waals surface area contributed by atoms with Crippen molar-refractivity contribution in [3.05, 3.63) is 57.6 Å². The third-order valence-corrected chi connectivity index (χ3v) is 5.10. The number of phenolic OH excluding ortho intramolecular Hbond substituents is 1. The molecule has 2 rings (SSSR count). The Morgan fingerprint density at radius 3 is 2.53 bits per heavy atom. The van der Waals surface area contributed by atoms with Crippen molar-refractivity contribution in [1.29, 1.82) is 0 Å². The number of likely N-dealkylation sites (N-methyl/N-ethyl adjacent to an activating group) is 1. The number of halogens is 2. The van der Waals surface area contributed by atoms with Crippen LogP contribution in [0.1, 0.15) is 22.8 Å². The van der Waals surface area contributed by atoms with Crippen LogP contribution in [0.4, 0.5) is 0 Å². The van der Waals surface area contributed by atoms with E-state index in [-0.39, 0.29) is 27.8 Å². The second-order valence-corrected chi connectivity index (χ2v) is 7.56. The number of ether oxygens (including phenoxy) is 2. The second-order valence-electron chi connectivity index (χ2n) is 6.78. The van der Waals surface area contributed by atoms with Crippen molar-refractivity contribution < 1.29 is 29.0 Å². The normalized spacial score (nSPS) is 11.8. The van der Waals surface area contributed by atoms with Crippen molar-refractivity contribution in [3.63, 3.8) is 0 Å². The largest absolute Gasteiger partial charge is 0.505 e. The topological polar surface area (TPSA) is 97.3 Å². The van der Waals surface area contributed by atoms with E-state index in [1.54, 1.807) is 7.05 Å². The summed E-state index contributed by atoms with van der Waals surface area (Å²) in [6.45, 7) is 3.28. The number of rotatable bonds is 11. The van der Waals surface area contributed by atoms with Crippen molar-refractivity contribution in [2.45, 2.75) is 19.4 Å². The van der Waals surface area contributed by atoms with Gasteiger partial charge in [-0.1, -0.05) is 53.5 Å².